The third-order valence-corrected chi connectivity index (χ3v) is 8.16. The molecule has 208 valence electrons. The molecular weight excluding hydrogens is 520 g/mol. The summed E-state index contributed by atoms with van der Waals surface area (Å²) >= 11 is 0. The Morgan fingerprint density at radius 2 is 1.60 bits per heavy atom. The maximum atomic E-state index is 11.7. The number of aryl methyl sites for hydroxylation is 1. The van der Waals surface area contributed by atoms with Crippen LogP contribution in [0.4, 0.5) is 0 Å². The molecule has 0 radical (unpaired) electrons. The summed E-state index contributed by atoms with van der Waals surface area (Å²) in [5, 5.41) is 9.59. The molecule has 42 heavy (non-hydrogen) atoms. The van der Waals surface area contributed by atoms with Gasteiger partial charge in [-0.2, -0.15) is 0 Å². The van der Waals surface area contributed by atoms with Crippen LogP contribution in [0.1, 0.15) is 60.6 Å². The Hall–Kier alpha value is -5.23. The summed E-state index contributed by atoms with van der Waals surface area (Å²) in [6.45, 7) is 14.3. The number of carboxylic acids is 1. The molecule has 2 aliphatic rings. The average molecular weight is 553 g/mol. The van der Waals surface area contributed by atoms with Gasteiger partial charge in [-0.1, -0.05) is 55.6 Å². The second kappa shape index (κ2) is 10.6. The van der Waals surface area contributed by atoms with Gasteiger partial charge in [0.2, 0.25) is 0 Å². The molecule has 0 amide bonds. The van der Waals surface area contributed by atoms with E-state index in [2.05, 4.69) is 66.4 Å². The molecule has 0 saturated heterocycles. The van der Waals surface area contributed by atoms with Crippen LogP contribution >= 0.6 is 0 Å². The number of benzene rings is 1. The minimum Gasteiger partial charge on any atom is -0.481 e. The molecule has 0 fully saturated rings. The molecule has 0 saturated carbocycles. The molecule has 2 aliphatic heterocycles. The summed E-state index contributed by atoms with van der Waals surface area (Å²) in [5.74, 6) is -0.842. The lowest BCUT2D eigenvalue weighted by molar-refractivity contribution is -0.136. The number of rotatable bonds is 6. The number of fused-ring (bicyclic) bond motifs is 8. The molecule has 3 N–H and O–H groups in total. The first-order chi connectivity index (χ1) is 20.3. The maximum absolute atomic E-state index is 11.7. The number of carboxylic acid groups (broad SMARTS) is 1. The maximum Gasteiger partial charge on any atom is 0.303 e. The number of aromatic amines is 2. The van der Waals surface area contributed by atoms with Gasteiger partial charge in [-0.05, 0) is 85.4 Å². The quantitative estimate of drug-likeness (QED) is 0.223. The zero-order valence-electron chi connectivity index (χ0n) is 24.0. The van der Waals surface area contributed by atoms with Gasteiger partial charge in [-0.25, -0.2) is 9.97 Å². The van der Waals surface area contributed by atoms with E-state index >= 15 is 0 Å². The van der Waals surface area contributed by atoms with Crippen LogP contribution in [0.2, 0.25) is 0 Å². The molecule has 3 aromatic heterocycles. The van der Waals surface area contributed by atoms with E-state index in [4.69, 9.17) is 9.97 Å². The second-order valence-electron chi connectivity index (χ2n) is 10.7. The van der Waals surface area contributed by atoms with Gasteiger partial charge in [0.15, 0.2) is 0 Å². The van der Waals surface area contributed by atoms with Gasteiger partial charge in [0.25, 0.3) is 0 Å². The molecule has 6 rings (SSSR count). The molecule has 8 bridgehead atoms. The van der Waals surface area contributed by atoms with E-state index in [-0.39, 0.29) is 6.42 Å². The van der Waals surface area contributed by atoms with E-state index in [0.29, 0.717) is 6.42 Å². The van der Waals surface area contributed by atoms with Crippen molar-refractivity contribution in [2.24, 2.45) is 0 Å². The van der Waals surface area contributed by atoms with Crippen LogP contribution in [-0.2, 0) is 4.79 Å². The number of hydrogen-bond acceptors (Lipinski definition) is 3. The minimum absolute atomic E-state index is 0.00932. The number of nitrogens with one attached hydrogen (secondary N) is 2. The van der Waals surface area contributed by atoms with E-state index in [1.807, 2.05) is 50.3 Å². The van der Waals surface area contributed by atoms with Crippen LogP contribution in [0.3, 0.4) is 0 Å². The van der Waals surface area contributed by atoms with Crippen LogP contribution in [-0.4, -0.2) is 31.0 Å². The summed E-state index contributed by atoms with van der Waals surface area (Å²) in [6.07, 6.45) is 4.08. The van der Waals surface area contributed by atoms with E-state index in [1.165, 1.54) is 0 Å². The lowest BCUT2D eigenvalue weighted by Gasteiger charge is -2.09. The molecule has 6 nitrogen and oxygen atoms in total. The SMILES string of the molecule is C=CC1=C(C)c2cc3[nH]c(cc4ccc([nH]4)c(-c4ccccc4)c4nc(cc1n2)C(C)=C4CCC(=O)O)c(C)c3C=C. The highest BCUT2D eigenvalue weighted by Gasteiger charge is 2.24. The number of H-pyrrole nitrogens is 2. The predicted molar refractivity (Wildman–Crippen MR) is 173 cm³/mol. The van der Waals surface area contributed by atoms with Crippen molar-refractivity contribution in [2.75, 3.05) is 0 Å². The lowest BCUT2D eigenvalue weighted by atomic mass is 9.95. The number of aromatic nitrogens is 4. The van der Waals surface area contributed by atoms with Gasteiger partial charge >= 0.3 is 5.97 Å². The van der Waals surface area contributed by atoms with Crippen LogP contribution < -0.4 is 0 Å². The summed E-state index contributed by atoms with van der Waals surface area (Å²) in [4.78, 5) is 29.1. The molecule has 6 heteroatoms. The summed E-state index contributed by atoms with van der Waals surface area (Å²) in [7, 11) is 0. The fourth-order valence-electron chi connectivity index (χ4n) is 5.86. The molecular formula is C36H32N4O2. The highest BCUT2D eigenvalue weighted by Crippen LogP contribution is 2.41. The van der Waals surface area contributed by atoms with E-state index in [1.54, 1.807) is 0 Å². The van der Waals surface area contributed by atoms with E-state index in [9.17, 15) is 9.90 Å². The third kappa shape index (κ3) is 4.61. The van der Waals surface area contributed by atoms with Crippen molar-refractivity contribution < 1.29 is 9.90 Å². The van der Waals surface area contributed by atoms with Crippen molar-refractivity contribution in [2.45, 2.75) is 33.6 Å². The standard InChI is InChI=1S/C36H32N4O2/c1-6-25-20(3)29-17-24-13-15-28(37-24)35(23-11-9-8-10-12-23)36-27(14-16-34(41)42)22(5)31(40-36)19-33-26(7-2)21(4)30(39-33)18-32(25)38-29/h6-13,15,17-19,37-38H,1-2,14,16H2,3-5H3,(H,41,42). The Balaban J connectivity index is 1.81. The molecule has 4 aromatic rings. The van der Waals surface area contributed by atoms with Gasteiger partial charge in [0, 0.05) is 45.2 Å². The second-order valence-corrected chi connectivity index (χ2v) is 10.7. The largest absolute Gasteiger partial charge is 0.481 e. The van der Waals surface area contributed by atoms with Crippen molar-refractivity contribution in [1.29, 1.82) is 0 Å². The van der Waals surface area contributed by atoms with Gasteiger partial charge in [0.1, 0.15) is 0 Å². The van der Waals surface area contributed by atoms with Crippen LogP contribution in [0, 0.1) is 6.92 Å². The third-order valence-electron chi connectivity index (χ3n) is 8.16. The smallest absolute Gasteiger partial charge is 0.303 e. The zero-order chi connectivity index (χ0) is 29.5. The van der Waals surface area contributed by atoms with Crippen molar-refractivity contribution in [3.8, 4) is 11.1 Å². The summed E-state index contributed by atoms with van der Waals surface area (Å²) < 4.78 is 0. The molecule has 0 aliphatic carbocycles. The van der Waals surface area contributed by atoms with Crippen molar-refractivity contribution in [3.63, 3.8) is 0 Å². The molecule has 0 spiro atoms. The van der Waals surface area contributed by atoms with Crippen LogP contribution in [0.5, 0.6) is 0 Å². The fourth-order valence-corrected chi connectivity index (χ4v) is 5.86. The minimum atomic E-state index is -0.842. The Bertz CT molecular complexity index is 2020. The first kappa shape index (κ1) is 27.0. The van der Waals surface area contributed by atoms with Crippen molar-refractivity contribution in [3.05, 3.63) is 114 Å². The Morgan fingerprint density at radius 1 is 0.833 bits per heavy atom. The molecule has 1 aromatic carbocycles. The van der Waals surface area contributed by atoms with E-state index < -0.39 is 5.97 Å². The molecule has 0 unspecified atom stereocenters. The van der Waals surface area contributed by atoms with Crippen molar-refractivity contribution in [1.82, 2.24) is 19.9 Å². The first-order valence-electron chi connectivity index (χ1n) is 14.0. The molecule has 0 atom stereocenters. The van der Waals surface area contributed by atoms with Crippen LogP contribution in [0.15, 0.2) is 79.9 Å². The number of allylic oxidation sites excluding steroid dienone is 5. The Labute approximate surface area is 244 Å². The number of nitrogens with zero attached hydrogens (tertiary/aromatic N) is 2. The normalized spacial score (nSPS) is 13.0. The van der Waals surface area contributed by atoms with Crippen LogP contribution in [0.25, 0.3) is 61.6 Å². The Morgan fingerprint density at radius 3 is 2.31 bits per heavy atom. The number of aliphatic carboxylic acids is 1. The fraction of sp³-hybridized carbons (Fsp3) is 0.139. The monoisotopic (exact) mass is 552 g/mol. The lowest BCUT2D eigenvalue weighted by Crippen LogP contribution is -1.97. The zero-order valence-corrected chi connectivity index (χ0v) is 24.0. The summed E-state index contributed by atoms with van der Waals surface area (Å²) in [6, 6.07) is 20.4. The Kier molecular flexibility index (Phi) is 6.83. The number of hydrogen-bond donors (Lipinski definition) is 3. The predicted octanol–water partition coefficient (Wildman–Crippen LogP) is 8.85. The van der Waals surface area contributed by atoms with Gasteiger partial charge < -0.3 is 15.1 Å². The highest BCUT2D eigenvalue weighted by molar-refractivity contribution is 6.01. The van der Waals surface area contributed by atoms with Gasteiger partial charge in [-0.15, -0.1) is 0 Å². The highest BCUT2D eigenvalue weighted by atomic mass is 16.4. The van der Waals surface area contributed by atoms with E-state index in [0.717, 1.165) is 89.4 Å². The number of carbonyl (C=O) groups is 1. The van der Waals surface area contributed by atoms with Gasteiger partial charge in [-0.3, -0.25) is 4.79 Å². The molecule has 5 heterocycles. The first-order valence-corrected chi connectivity index (χ1v) is 14.0. The topological polar surface area (TPSA) is 94.7 Å². The average Bonchev–Trinajstić information content (AvgIpc) is 3.70. The van der Waals surface area contributed by atoms with Gasteiger partial charge in [0.05, 0.1) is 22.8 Å². The summed E-state index contributed by atoms with van der Waals surface area (Å²) in [5.41, 5.74) is 14.8. The van der Waals surface area contributed by atoms with Crippen molar-refractivity contribution >= 4 is 56.4 Å².